The van der Waals surface area contributed by atoms with Gasteiger partial charge in [-0.25, -0.2) is 10.0 Å². The van der Waals surface area contributed by atoms with Crippen molar-refractivity contribution in [2.24, 2.45) is 0 Å². The van der Waals surface area contributed by atoms with E-state index in [0.717, 1.165) is 46.6 Å². The van der Waals surface area contributed by atoms with Crippen LogP contribution in [0, 0.1) is 15.9 Å². The lowest BCUT2D eigenvalue weighted by Crippen LogP contribution is -2.43. The molecule has 1 unspecified atom stereocenters. The smallest absolute Gasteiger partial charge is 0.304 e. The molecule has 1 amide bonds. The summed E-state index contributed by atoms with van der Waals surface area (Å²) in [5, 5.41) is 11.2. The monoisotopic (exact) mass is 677 g/mol. The summed E-state index contributed by atoms with van der Waals surface area (Å²) in [4.78, 5) is 44.0. The van der Waals surface area contributed by atoms with Crippen LogP contribution in [0.2, 0.25) is 18.1 Å². The van der Waals surface area contributed by atoms with E-state index in [-0.39, 0.29) is 16.4 Å². The maximum atomic E-state index is 13.9. The molecule has 1 aromatic heterocycles. The molecule has 0 saturated heterocycles. The van der Waals surface area contributed by atoms with E-state index in [1.165, 1.54) is 33.1 Å². The van der Waals surface area contributed by atoms with Crippen LogP contribution in [0.3, 0.4) is 0 Å². The lowest BCUT2D eigenvalue weighted by atomic mass is 9.99. The minimum Gasteiger partial charge on any atom is -0.403 e. The van der Waals surface area contributed by atoms with Gasteiger partial charge >= 0.3 is 5.69 Å². The quantitative estimate of drug-likeness (QED) is 0.0812. The largest absolute Gasteiger partial charge is 0.403 e. The molecule has 1 heterocycles. The van der Waals surface area contributed by atoms with Crippen molar-refractivity contribution in [3.63, 3.8) is 0 Å². The third-order valence-corrected chi connectivity index (χ3v) is 13.6. The van der Waals surface area contributed by atoms with Crippen molar-refractivity contribution in [1.82, 2.24) is 14.6 Å². The van der Waals surface area contributed by atoms with Crippen LogP contribution in [0.4, 0.5) is 16.0 Å². The molecule has 1 atom stereocenters. The summed E-state index contributed by atoms with van der Waals surface area (Å²) in [5.41, 5.74) is 8.92. The fourth-order valence-electron chi connectivity index (χ4n) is 5.39. The molecule has 11 nitrogen and oxygen atoms in total. The van der Waals surface area contributed by atoms with Gasteiger partial charge < -0.3 is 14.7 Å². The number of ketones is 1. The van der Waals surface area contributed by atoms with Gasteiger partial charge in [0.05, 0.1) is 23.1 Å². The number of halogens is 1. The van der Waals surface area contributed by atoms with E-state index in [1.54, 1.807) is 0 Å². The second-order valence-electron chi connectivity index (χ2n) is 13.4. The number of imidazole rings is 1. The molecular formula is C35H44FN5O6Si. The number of nitrogens with zero attached hydrogens (tertiary/aromatic N) is 4. The maximum absolute atomic E-state index is 13.9. The number of Topliss-reactive ketones (excluding diaryl/α,β-unsaturated/α-hetero) is 1. The standard InChI is InChI=1S/C26H35N3O2Si.C9H9FN2O4/c1-26(2,3)32(4,5)31-24(18-11-7-6-8-12-18)23(30)19-15-16-21-22(17-19)29(25(27)28-21)20-13-9-10-14-20;1-11(16-2)9(13)6-3-4-8(12(14)15)7(10)5-6/h6-8,11-12,15-17,20,24H,9-10,13-14H2,1-5H3,(H2,27,28);3-5H,1-2H3. The lowest BCUT2D eigenvalue weighted by molar-refractivity contribution is -0.387. The van der Waals surface area contributed by atoms with Gasteiger partial charge in [0, 0.05) is 30.3 Å². The van der Waals surface area contributed by atoms with Crippen molar-refractivity contribution in [2.75, 3.05) is 19.9 Å². The Morgan fingerprint density at radius 3 is 2.25 bits per heavy atom. The van der Waals surface area contributed by atoms with Crippen LogP contribution in [0.1, 0.15) is 84.9 Å². The van der Waals surface area contributed by atoms with Gasteiger partial charge in [-0.2, -0.15) is 4.39 Å². The summed E-state index contributed by atoms with van der Waals surface area (Å²) in [6.07, 6.45) is 4.00. The number of benzene rings is 3. The fourth-order valence-corrected chi connectivity index (χ4v) is 6.57. The Balaban J connectivity index is 0.000000274. The van der Waals surface area contributed by atoms with Gasteiger partial charge in [0.2, 0.25) is 11.8 Å². The molecule has 0 spiro atoms. The zero-order valence-electron chi connectivity index (χ0n) is 28.5. The normalized spacial score (nSPS) is 14.3. The molecule has 0 aliphatic heterocycles. The van der Waals surface area contributed by atoms with Gasteiger partial charge in [0.15, 0.2) is 14.1 Å². The Morgan fingerprint density at radius 2 is 1.69 bits per heavy atom. The van der Waals surface area contributed by atoms with E-state index >= 15 is 0 Å². The van der Waals surface area contributed by atoms with Crippen molar-refractivity contribution < 1.29 is 28.2 Å². The lowest BCUT2D eigenvalue weighted by Gasteiger charge is -2.39. The summed E-state index contributed by atoms with van der Waals surface area (Å²) in [7, 11) is 0.440. The number of hydrogen-bond acceptors (Lipinski definition) is 8. The van der Waals surface area contributed by atoms with Gasteiger partial charge in [-0.05, 0) is 66.9 Å². The van der Waals surface area contributed by atoms with Crippen LogP contribution in [-0.4, -0.2) is 53.7 Å². The van der Waals surface area contributed by atoms with E-state index in [0.29, 0.717) is 17.6 Å². The Morgan fingerprint density at radius 1 is 1.06 bits per heavy atom. The molecular weight excluding hydrogens is 633 g/mol. The number of carbonyl (C=O) groups is 2. The highest BCUT2D eigenvalue weighted by Crippen LogP contribution is 2.41. The number of carbonyl (C=O) groups excluding carboxylic acids is 2. The zero-order valence-corrected chi connectivity index (χ0v) is 29.5. The van der Waals surface area contributed by atoms with Crippen LogP contribution in [0.5, 0.6) is 0 Å². The highest BCUT2D eigenvalue weighted by atomic mass is 28.4. The Hall–Kier alpha value is -4.46. The second kappa shape index (κ2) is 14.8. The number of rotatable bonds is 9. The predicted molar refractivity (Wildman–Crippen MR) is 186 cm³/mol. The second-order valence-corrected chi connectivity index (χ2v) is 18.2. The number of hydroxylamine groups is 2. The first-order valence-corrected chi connectivity index (χ1v) is 18.8. The van der Waals surface area contributed by atoms with Crippen molar-refractivity contribution in [3.05, 3.63) is 99.4 Å². The highest BCUT2D eigenvalue weighted by Gasteiger charge is 2.41. The van der Waals surface area contributed by atoms with Crippen molar-refractivity contribution in [1.29, 1.82) is 0 Å². The first-order valence-electron chi connectivity index (χ1n) is 15.9. The summed E-state index contributed by atoms with van der Waals surface area (Å²) in [6, 6.07) is 18.9. The first-order chi connectivity index (χ1) is 22.6. The Bertz CT molecular complexity index is 1780. The SMILES string of the molecule is CC(C)(C)[Si](C)(C)OC(C(=O)c1ccc2nc(N)n(C3CCCC3)c2c1)c1ccccc1.CON(C)C(=O)c1ccc([N+](=O)[O-])c(F)c1. The molecule has 1 aliphatic rings. The molecule has 1 fully saturated rings. The van der Waals surface area contributed by atoms with Crippen LogP contribution in [-0.2, 0) is 9.26 Å². The number of aromatic nitrogens is 2. The summed E-state index contributed by atoms with van der Waals surface area (Å²) >= 11 is 0. The average Bonchev–Trinajstić information content (AvgIpc) is 3.69. The zero-order chi connectivity index (χ0) is 35.4. The predicted octanol–water partition coefficient (Wildman–Crippen LogP) is 8.05. The Kier molecular flexibility index (Phi) is 11.2. The number of amides is 1. The molecule has 0 bridgehead atoms. The highest BCUT2D eigenvalue weighted by molar-refractivity contribution is 6.74. The average molecular weight is 678 g/mol. The van der Waals surface area contributed by atoms with Crippen molar-refractivity contribution in [3.8, 4) is 0 Å². The van der Waals surface area contributed by atoms with Gasteiger partial charge in [-0.3, -0.25) is 24.5 Å². The molecule has 13 heteroatoms. The minimum absolute atomic E-state index is 0.000190. The number of hydrogen-bond donors (Lipinski definition) is 1. The summed E-state index contributed by atoms with van der Waals surface area (Å²) in [6.45, 7) is 11.0. The third kappa shape index (κ3) is 7.97. The molecule has 1 saturated carbocycles. The van der Waals surface area contributed by atoms with E-state index in [4.69, 9.17) is 10.2 Å². The number of fused-ring (bicyclic) bond motifs is 1. The number of nitro benzene ring substituents is 1. The minimum atomic E-state index is -2.19. The van der Waals surface area contributed by atoms with Gasteiger partial charge in [0.1, 0.15) is 6.10 Å². The van der Waals surface area contributed by atoms with Crippen LogP contribution in [0.15, 0.2) is 66.7 Å². The number of nitrogen functional groups attached to an aromatic ring is 1. The summed E-state index contributed by atoms with van der Waals surface area (Å²) < 4.78 is 22.0. The molecule has 3 aromatic carbocycles. The van der Waals surface area contributed by atoms with Crippen LogP contribution < -0.4 is 5.73 Å². The van der Waals surface area contributed by atoms with Crippen LogP contribution in [0.25, 0.3) is 11.0 Å². The summed E-state index contributed by atoms with van der Waals surface area (Å²) in [5.74, 6) is -1.12. The van der Waals surface area contributed by atoms with E-state index in [9.17, 15) is 24.1 Å². The molecule has 48 heavy (non-hydrogen) atoms. The molecule has 256 valence electrons. The fraction of sp³-hybridized carbons (Fsp3) is 0.400. The van der Waals surface area contributed by atoms with E-state index in [1.807, 2.05) is 48.5 Å². The van der Waals surface area contributed by atoms with Gasteiger partial charge in [-0.1, -0.05) is 63.9 Å². The van der Waals surface area contributed by atoms with E-state index in [2.05, 4.69) is 48.3 Å². The molecule has 0 radical (unpaired) electrons. The van der Waals surface area contributed by atoms with Crippen LogP contribution >= 0.6 is 0 Å². The van der Waals surface area contributed by atoms with Gasteiger partial charge in [0.25, 0.3) is 5.91 Å². The number of nitrogens with two attached hydrogens (primary N) is 1. The number of nitro groups is 1. The first kappa shape index (κ1) is 36.4. The molecule has 4 aromatic rings. The third-order valence-electron chi connectivity index (χ3n) is 9.20. The van der Waals surface area contributed by atoms with Gasteiger partial charge in [-0.15, -0.1) is 0 Å². The molecule has 5 rings (SSSR count). The van der Waals surface area contributed by atoms with Crippen molar-refractivity contribution in [2.45, 2.75) is 76.7 Å². The molecule has 2 N–H and O–H groups in total. The topological polar surface area (TPSA) is 143 Å². The Labute approximate surface area is 281 Å². The number of anilines is 1. The maximum Gasteiger partial charge on any atom is 0.304 e. The van der Waals surface area contributed by atoms with E-state index < -0.39 is 36.8 Å². The molecule has 1 aliphatic carbocycles. The van der Waals surface area contributed by atoms with Crippen molar-refractivity contribution >= 4 is 42.7 Å².